The number of hydrogen-bond donors (Lipinski definition) is 1. The smallest absolute Gasteiger partial charge is 0.223 e. The highest BCUT2D eigenvalue weighted by Crippen LogP contribution is 2.37. The first-order valence-electron chi connectivity index (χ1n) is 8.62. The summed E-state index contributed by atoms with van der Waals surface area (Å²) >= 11 is 0. The lowest BCUT2D eigenvalue weighted by Gasteiger charge is -2.28. The third kappa shape index (κ3) is 3.93. The fourth-order valence-corrected chi connectivity index (χ4v) is 3.51. The van der Waals surface area contributed by atoms with Gasteiger partial charge in [0.15, 0.2) is 0 Å². The predicted molar refractivity (Wildman–Crippen MR) is 92.8 cm³/mol. The molecule has 1 saturated heterocycles. The number of aromatic nitrogens is 2. The second-order valence-electron chi connectivity index (χ2n) is 6.62. The molecule has 3 atom stereocenters. The van der Waals surface area contributed by atoms with Crippen molar-refractivity contribution < 1.29 is 13.9 Å². The molecule has 2 aromatic heterocycles. The zero-order valence-corrected chi connectivity index (χ0v) is 15.0. The summed E-state index contributed by atoms with van der Waals surface area (Å²) in [6.45, 7) is 3.99. The van der Waals surface area contributed by atoms with E-state index in [1.165, 1.54) is 0 Å². The summed E-state index contributed by atoms with van der Waals surface area (Å²) in [6.07, 6.45) is 7.82. The Balaban J connectivity index is 1.73. The Labute approximate surface area is 147 Å². The first-order valence-corrected chi connectivity index (χ1v) is 8.62. The fourth-order valence-electron chi connectivity index (χ4n) is 3.51. The van der Waals surface area contributed by atoms with Crippen LogP contribution in [0.5, 0.6) is 0 Å². The lowest BCUT2D eigenvalue weighted by Crippen LogP contribution is -2.34. The number of likely N-dealkylation sites (tertiary alicyclic amines) is 1. The zero-order chi connectivity index (χ0) is 17.8. The quantitative estimate of drug-likeness (QED) is 0.790. The van der Waals surface area contributed by atoms with Crippen LogP contribution in [0.2, 0.25) is 0 Å². The number of nitrogens with zero attached hydrogens (tertiary/aromatic N) is 3. The van der Waals surface area contributed by atoms with E-state index in [2.05, 4.69) is 17.3 Å². The Hall–Kier alpha value is -2.12. The molecule has 1 unspecified atom stereocenters. The van der Waals surface area contributed by atoms with Crippen LogP contribution in [0, 0.1) is 5.92 Å². The summed E-state index contributed by atoms with van der Waals surface area (Å²) in [6, 6.07) is 2.16. The van der Waals surface area contributed by atoms with E-state index in [0.29, 0.717) is 19.6 Å². The van der Waals surface area contributed by atoms with Gasteiger partial charge in [-0.25, -0.2) is 0 Å². The predicted octanol–water partition coefficient (Wildman–Crippen LogP) is 1.90. The van der Waals surface area contributed by atoms with Crippen LogP contribution < -0.4 is 5.32 Å². The number of methoxy groups -OCH3 is 1. The Bertz CT molecular complexity index is 682. The van der Waals surface area contributed by atoms with Crippen molar-refractivity contribution in [2.24, 2.45) is 13.0 Å². The minimum absolute atomic E-state index is 0.0281. The van der Waals surface area contributed by atoms with Gasteiger partial charge in [0, 0.05) is 63.0 Å². The van der Waals surface area contributed by atoms with E-state index >= 15 is 0 Å². The van der Waals surface area contributed by atoms with Crippen molar-refractivity contribution in [3.05, 3.63) is 42.1 Å². The molecule has 0 bridgehead atoms. The molecule has 0 spiro atoms. The van der Waals surface area contributed by atoms with Crippen LogP contribution in [0.25, 0.3) is 0 Å². The Morgan fingerprint density at radius 3 is 3.00 bits per heavy atom. The Kier molecular flexibility index (Phi) is 5.55. The largest absolute Gasteiger partial charge is 0.472 e. The van der Waals surface area contributed by atoms with Crippen LogP contribution in [0.1, 0.15) is 36.6 Å². The maximum atomic E-state index is 12.6. The van der Waals surface area contributed by atoms with Crippen molar-refractivity contribution in [1.82, 2.24) is 20.0 Å². The second kappa shape index (κ2) is 7.84. The number of rotatable bonds is 8. The molecular weight excluding hydrogens is 320 g/mol. The van der Waals surface area contributed by atoms with E-state index in [1.54, 1.807) is 24.3 Å². The highest BCUT2D eigenvalue weighted by atomic mass is 16.5. The van der Waals surface area contributed by atoms with Gasteiger partial charge in [-0.05, 0) is 13.0 Å². The summed E-state index contributed by atoms with van der Waals surface area (Å²) in [5.41, 5.74) is 2.19. The molecule has 0 radical (unpaired) electrons. The van der Waals surface area contributed by atoms with Crippen LogP contribution in [-0.4, -0.2) is 47.4 Å². The van der Waals surface area contributed by atoms with E-state index in [0.717, 1.165) is 17.7 Å². The molecule has 1 fully saturated rings. The van der Waals surface area contributed by atoms with Crippen molar-refractivity contribution in [2.75, 3.05) is 26.8 Å². The molecule has 7 nitrogen and oxygen atoms in total. The standard InChI is InChI=1S/C18H26N4O3/c1-13(14-4-6-25-12-14)19-9-15-8-17(23)22(5-7-24-3)18(15)16-10-20-21(2)11-16/h4,6,10-13,15,18-19H,5,7-9H2,1-3H3/t13?,15-,18+/m0/s1. The number of ether oxygens (including phenoxy) is 1. The van der Waals surface area contributed by atoms with E-state index in [9.17, 15) is 4.79 Å². The first-order chi connectivity index (χ1) is 12.1. The molecule has 1 amide bonds. The van der Waals surface area contributed by atoms with Crippen molar-refractivity contribution in [1.29, 1.82) is 0 Å². The second-order valence-corrected chi connectivity index (χ2v) is 6.62. The molecule has 136 valence electrons. The lowest BCUT2D eigenvalue weighted by molar-refractivity contribution is -0.129. The Morgan fingerprint density at radius 2 is 2.36 bits per heavy atom. The number of hydrogen-bond acceptors (Lipinski definition) is 5. The molecule has 0 aliphatic carbocycles. The van der Waals surface area contributed by atoms with Crippen LogP contribution in [-0.2, 0) is 16.6 Å². The van der Waals surface area contributed by atoms with Gasteiger partial charge in [0.2, 0.25) is 5.91 Å². The highest BCUT2D eigenvalue weighted by Gasteiger charge is 2.40. The van der Waals surface area contributed by atoms with E-state index in [-0.39, 0.29) is 23.9 Å². The normalized spacial score (nSPS) is 21.9. The average Bonchev–Trinajstić information content (AvgIpc) is 3.31. The lowest BCUT2D eigenvalue weighted by atomic mass is 9.95. The zero-order valence-electron chi connectivity index (χ0n) is 15.0. The maximum Gasteiger partial charge on any atom is 0.223 e. The van der Waals surface area contributed by atoms with Crippen LogP contribution in [0.3, 0.4) is 0 Å². The summed E-state index contributed by atoms with van der Waals surface area (Å²) in [4.78, 5) is 14.5. The van der Waals surface area contributed by atoms with Crippen molar-refractivity contribution >= 4 is 5.91 Å². The molecule has 0 aromatic carbocycles. The first kappa shape index (κ1) is 17.7. The minimum Gasteiger partial charge on any atom is -0.472 e. The van der Waals surface area contributed by atoms with E-state index in [4.69, 9.17) is 9.15 Å². The van der Waals surface area contributed by atoms with E-state index in [1.807, 2.05) is 30.4 Å². The van der Waals surface area contributed by atoms with Gasteiger partial charge in [-0.2, -0.15) is 5.10 Å². The van der Waals surface area contributed by atoms with Crippen molar-refractivity contribution in [3.8, 4) is 0 Å². The number of amides is 1. The molecule has 1 N–H and O–H groups in total. The average molecular weight is 346 g/mol. The van der Waals surface area contributed by atoms with Gasteiger partial charge in [-0.1, -0.05) is 0 Å². The topological polar surface area (TPSA) is 72.5 Å². The summed E-state index contributed by atoms with van der Waals surface area (Å²) < 4.78 is 12.1. The minimum atomic E-state index is 0.0281. The molecule has 7 heteroatoms. The van der Waals surface area contributed by atoms with Gasteiger partial charge in [-0.15, -0.1) is 0 Å². The number of carbonyl (C=O) groups excluding carboxylic acids is 1. The molecule has 3 rings (SSSR count). The molecule has 1 aliphatic heterocycles. The van der Waals surface area contributed by atoms with E-state index < -0.39 is 0 Å². The highest BCUT2D eigenvalue weighted by molar-refractivity contribution is 5.79. The Morgan fingerprint density at radius 1 is 1.52 bits per heavy atom. The number of nitrogens with one attached hydrogen (secondary N) is 1. The van der Waals surface area contributed by atoms with Gasteiger partial charge in [0.1, 0.15) is 0 Å². The molecule has 0 saturated carbocycles. The third-order valence-corrected chi connectivity index (χ3v) is 4.87. The molecular formula is C18H26N4O3. The van der Waals surface area contributed by atoms with Crippen LogP contribution in [0.4, 0.5) is 0 Å². The van der Waals surface area contributed by atoms with Crippen LogP contribution in [0.15, 0.2) is 35.4 Å². The third-order valence-electron chi connectivity index (χ3n) is 4.87. The monoisotopic (exact) mass is 346 g/mol. The van der Waals surface area contributed by atoms with Gasteiger partial charge < -0.3 is 19.4 Å². The molecule has 25 heavy (non-hydrogen) atoms. The number of furan rings is 1. The number of carbonyl (C=O) groups is 1. The molecule has 2 aromatic rings. The fraction of sp³-hybridized carbons (Fsp3) is 0.556. The van der Waals surface area contributed by atoms with Crippen molar-refractivity contribution in [3.63, 3.8) is 0 Å². The summed E-state index contributed by atoms with van der Waals surface area (Å²) in [5, 5.41) is 7.82. The van der Waals surface area contributed by atoms with Gasteiger partial charge >= 0.3 is 0 Å². The summed E-state index contributed by atoms with van der Waals surface area (Å²) in [5.74, 6) is 0.372. The van der Waals surface area contributed by atoms with Gasteiger partial charge in [-0.3, -0.25) is 9.48 Å². The van der Waals surface area contributed by atoms with Gasteiger partial charge in [0.25, 0.3) is 0 Å². The van der Waals surface area contributed by atoms with Gasteiger partial charge in [0.05, 0.1) is 31.4 Å². The molecule has 1 aliphatic rings. The maximum absolute atomic E-state index is 12.6. The molecule has 3 heterocycles. The number of aryl methyl sites for hydroxylation is 1. The summed E-state index contributed by atoms with van der Waals surface area (Å²) in [7, 11) is 3.55. The SMILES string of the molecule is COCCN1C(=O)C[C@@H](CNC(C)c2ccoc2)[C@@H]1c1cnn(C)c1. The van der Waals surface area contributed by atoms with Crippen molar-refractivity contribution in [2.45, 2.75) is 25.4 Å². The van der Waals surface area contributed by atoms with Crippen LogP contribution >= 0.6 is 0 Å².